The van der Waals surface area contributed by atoms with Crippen LogP contribution in [0.4, 0.5) is 11.4 Å². The Bertz CT molecular complexity index is 3870. The largest absolute Gasteiger partial charge is 1.00 e. The van der Waals surface area contributed by atoms with Gasteiger partial charge in [-0.05, 0) is 116 Å². The van der Waals surface area contributed by atoms with Gasteiger partial charge in [0.05, 0.1) is 60.7 Å². The summed E-state index contributed by atoms with van der Waals surface area (Å²) >= 11 is 0.722. The number of fused-ring (bicyclic) bond motifs is 4. The molecule has 2 aliphatic rings. The zero-order valence-corrected chi connectivity index (χ0v) is 57.5. The second-order valence-corrected chi connectivity index (χ2v) is 24.7. The van der Waals surface area contributed by atoms with Crippen molar-refractivity contribution in [3.8, 4) is 22.6 Å². The molecule has 4 heterocycles. The molecule has 0 fully saturated rings. The zero-order valence-electron chi connectivity index (χ0n) is 48.2. The van der Waals surface area contributed by atoms with E-state index in [0.29, 0.717) is 119 Å². The average molecular weight is 1290 g/mol. The first-order valence-electron chi connectivity index (χ1n) is 26.7. The van der Waals surface area contributed by atoms with E-state index < -0.39 is 52.7 Å². The number of hydrogen-bond acceptors (Lipinski definition) is 22. The Morgan fingerprint density at radius 3 is 1.57 bits per heavy atom. The van der Waals surface area contributed by atoms with E-state index in [4.69, 9.17) is 18.3 Å². The van der Waals surface area contributed by atoms with Crippen LogP contribution in [-0.2, 0) is 62.4 Å². The predicted molar refractivity (Wildman–Crippen MR) is 296 cm³/mol. The Morgan fingerprint density at radius 1 is 0.628 bits per heavy atom. The number of nitrogens with zero attached hydrogens (tertiary/aromatic N) is 4. The standard InChI is InChI=1S/C56H62N4O19S4.3Na/c1-3-38(30-52-57(23-9-5-6-11-27-61)44-19-17-42(80-79-78-64)36-50(44)76-52)32-54-59(25-12-28-81(65,66)67)46-34-40(15-21-48(46)74-54)41-16-22-49-47(35-41)60(26-13-29-82(68,69)70)55(75-49)33-39(4-2)31-53-58(24-10-7-8-14-56(62)63)45-20-18-43(83(71,72)73)37-51(45)77-53;;;/h15-22,27,30-37H,3-14,23-26,28-29H2,1-2H3,(H3-2,62,63,64,65,66,67,68,69,70,71,72,73);;;/q;3*+1/p-3. The average Bonchev–Trinajstić information content (AvgIpc) is 2.51. The van der Waals surface area contributed by atoms with Crippen molar-refractivity contribution in [3.05, 3.63) is 120 Å². The van der Waals surface area contributed by atoms with Crippen molar-refractivity contribution in [2.24, 2.45) is 0 Å². The number of oxazole rings is 2. The molecule has 8 rings (SSSR count). The number of carbonyl (C=O) groups excluding carboxylic acids is 2. The number of ether oxygens (including phenoxy) is 2. The van der Waals surface area contributed by atoms with Gasteiger partial charge < -0.3 is 61.7 Å². The first-order chi connectivity index (χ1) is 39.6. The van der Waals surface area contributed by atoms with Gasteiger partial charge in [-0.3, -0.25) is 5.04 Å². The fourth-order valence-corrected chi connectivity index (χ4v) is 11.5. The van der Waals surface area contributed by atoms with Crippen LogP contribution in [0.25, 0.3) is 45.5 Å². The van der Waals surface area contributed by atoms with Crippen LogP contribution in [0.2, 0.25) is 0 Å². The van der Waals surface area contributed by atoms with E-state index in [1.807, 2.05) is 60.9 Å². The van der Waals surface area contributed by atoms with Gasteiger partial charge in [0.2, 0.25) is 22.9 Å². The van der Waals surface area contributed by atoms with E-state index in [1.165, 1.54) is 12.1 Å². The molecule has 0 unspecified atom stereocenters. The van der Waals surface area contributed by atoms with Crippen LogP contribution in [0.1, 0.15) is 103 Å². The van der Waals surface area contributed by atoms with Gasteiger partial charge in [-0.25, -0.2) is 25.3 Å². The Kier molecular flexibility index (Phi) is 28.1. The summed E-state index contributed by atoms with van der Waals surface area (Å²) in [5.41, 5.74) is 5.71. The Morgan fingerprint density at radius 2 is 1.12 bits per heavy atom. The van der Waals surface area contributed by atoms with E-state index in [-0.39, 0.29) is 138 Å². The van der Waals surface area contributed by atoms with Crippen molar-refractivity contribution in [1.82, 2.24) is 0 Å². The van der Waals surface area contributed by atoms with E-state index in [9.17, 15) is 58.9 Å². The number of rotatable bonds is 31. The Hall–Kier alpha value is -3.92. The molecule has 0 saturated carbocycles. The number of aldehydes is 1. The first kappa shape index (κ1) is 72.8. The molecule has 0 amide bonds. The molecule has 0 N–H and O–H groups in total. The second kappa shape index (κ2) is 33.2. The summed E-state index contributed by atoms with van der Waals surface area (Å²) in [7, 11) is -14.0. The third kappa shape index (κ3) is 19.8. The molecular weight excluding hydrogens is 1230 g/mol. The molecular formula is C56H59N4Na3O19S4. The molecule has 23 nitrogen and oxygen atoms in total. The van der Waals surface area contributed by atoms with Gasteiger partial charge >= 0.3 is 100 Å². The van der Waals surface area contributed by atoms with Gasteiger partial charge in [0.15, 0.2) is 24.6 Å². The number of carbonyl (C=O) groups is 2. The molecule has 30 heteroatoms. The van der Waals surface area contributed by atoms with E-state index >= 15 is 0 Å². The molecule has 4 aromatic carbocycles. The molecule has 444 valence electrons. The third-order valence-corrected chi connectivity index (χ3v) is 16.7. The molecule has 0 atom stereocenters. The first-order valence-corrected chi connectivity index (χ1v) is 32.0. The number of aromatic nitrogens is 2. The summed E-state index contributed by atoms with van der Waals surface area (Å²) in [5.74, 6) is -0.226. The summed E-state index contributed by atoms with van der Waals surface area (Å²) in [4.78, 5) is 25.6. The van der Waals surface area contributed by atoms with Gasteiger partial charge in [0, 0.05) is 91.1 Å². The van der Waals surface area contributed by atoms with Crippen LogP contribution in [0.3, 0.4) is 0 Å². The van der Waals surface area contributed by atoms with Gasteiger partial charge in [0.25, 0.3) is 11.0 Å². The van der Waals surface area contributed by atoms with Crippen LogP contribution in [0.15, 0.2) is 126 Å². The number of aryl methyl sites for hydroxylation is 2. The Balaban J connectivity index is 0.00000450. The predicted octanol–water partition coefficient (Wildman–Crippen LogP) is -2.42. The number of benzene rings is 4. The van der Waals surface area contributed by atoms with Crippen molar-refractivity contribution in [1.29, 1.82) is 0 Å². The summed E-state index contributed by atoms with van der Waals surface area (Å²) in [6.45, 7) is 4.80. The Labute approximate surface area is 569 Å². The molecule has 86 heavy (non-hydrogen) atoms. The fourth-order valence-electron chi connectivity index (χ4n) is 9.66. The van der Waals surface area contributed by atoms with E-state index in [2.05, 4.69) is 9.37 Å². The molecule has 0 bridgehead atoms. The number of hydrogen-bond donors (Lipinski definition) is 0. The quantitative estimate of drug-likeness (QED) is 0.00639. The SMILES string of the molecule is CCC(=Cc1oc2cc(SOO[O-])ccc2[n+]1CCCCCC=O)C=C1Oc2ccc(-c3ccc4c(c3)N(CCCS(=O)(=O)[O-])C(=CC(=Cc3oc5cc(S(=O)(=O)[O-])ccc5[n+]3CCCCCC(=O)[O-])CC)O4)cc2N1CCCS(=O)(=O)[O-].[Na+].[Na+].[Na+]. The summed E-state index contributed by atoms with van der Waals surface area (Å²) in [6, 6.07) is 19.9. The number of carboxylic acid groups (broad SMARTS) is 1. The monoisotopic (exact) mass is 1290 g/mol. The van der Waals surface area contributed by atoms with Crippen molar-refractivity contribution in [2.45, 2.75) is 114 Å². The van der Waals surface area contributed by atoms with Crippen LogP contribution >= 0.6 is 12.0 Å². The van der Waals surface area contributed by atoms with E-state index in [1.54, 1.807) is 50.8 Å². The van der Waals surface area contributed by atoms with Crippen LogP contribution in [0.5, 0.6) is 11.5 Å². The third-order valence-electron chi connectivity index (χ3n) is 13.7. The maximum atomic E-state index is 12.0. The zero-order chi connectivity index (χ0) is 59.5. The van der Waals surface area contributed by atoms with Crippen molar-refractivity contribution in [2.75, 3.05) is 34.4 Å². The van der Waals surface area contributed by atoms with Crippen molar-refractivity contribution >= 4 is 100 Å². The van der Waals surface area contributed by atoms with Gasteiger partial charge in [-0.2, -0.15) is 13.5 Å². The van der Waals surface area contributed by atoms with Crippen LogP contribution < -0.4 is 127 Å². The van der Waals surface area contributed by atoms with Gasteiger partial charge in [-0.15, -0.1) is 0 Å². The van der Waals surface area contributed by atoms with Gasteiger partial charge in [0.1, 0.15) is 16.4 Å². The topological polar surface area (TPSA) is 329 Å². The summed E-state index contributed by atoms with van der Waals surface area (Å²) < 4.78 is 141. The maximum Gasteiger partial charge on any atom is 1.00 e. The molecule has 6 aromatic rings. The van der Waals surface area contributed by atoms with Gasteiger partial charge in [-0.1, -0.05) is 26.0 Å². The number of allylic oxidation sites excluding steroid dienone is 4. The number of anilines is 2. The molecule has 0 radical (unpaired) electrons. The molecule has 2 aliphatic heterocycles. The fraction of sp³-hybridized carbons (Fsp3) is 0.357. The smallest absolute Gasteiger partial charge is 0.748 e. The minimum Gasteiger partial charge on any atom is -0.748 e. The minimum atomic E-state index is -4.83. The number of aliphatic carboxylic acids is 1. The maximum absolute atomic E-state index is 12.0. The summed E-state index contributed by atoms with van der Waals surface area (Å²) in [5, 5.41) is 25.1. The molecule has 0 saturated heterocycles. The molecule has 0 aliphatic carbocycles. The second-order valence-electron chi connectivity index (χ2n) is 19.5. The number of unbranched alkanes of at least 4 members (excludes halogenated alkanes) is 5. The molecule has 0 spiro atoms. The number of carboxylic acids is 1. The van der Waals surface area contributed by atoms with Crippen molar-refractivity contribution < 1.29 is 184 Å². The van der Waals surface area contributed by atoms with E-state index in [0.717, 1.165) is 54.7 Å². The molecule has 2 aromatic heterocycles. The minimum absolute atomic E-state index is 0. The van der Waals surface area contributed by atoms with Crippen molar-refractivity contribution in [3.63, 3.8) is 0 Å². The van der Waals surface area contributed by atoms with Crippen LogP contribution in [-0.4, -0.2) is 75.8 Å². The summed E-state index contributed by atoms with van der Waals surface area (Å²) in [6.07, 6.45) is 12.8. The van der Waals surface area contributed by atoms with Crippen LogP contribution in [0, 0.1) is 0 Å². The normalized spacial score (nSPS) is 14.4.